The first-order chi connectivity index (χ1) is 5.52. The number of aromatic nitrogens is 1. The molecular formula is C7H7F2NO2. The quantitative estimate of drug-likeness (QED) is 0.676. The molecule has 0 aliphatic carbocycles. The van der Waals surface area contributed by atoms with Gasteiger partial charge in [0.2, 0.25) is 0 Å². The molecule has 3 nitrogen and oxygen atoms in total. The SMILES string of the molecule is Cc1[nH]c(=O)cc(O)c1C(F)F. The van der Waals surface area contributed by atoms with Gasteiger partial charge in [0.15, 0.2) is 0 Å². The summed E-state index contributed by atoms with van der Waals surface area (Å²) in [5.41, 5.74) is -1.11. The van der Waals surface area contributed by atoms with Gasteiger partial charge in [0.25, 0.3) is 12.0 Å². The predicted molar refractivity (Wildman–Crippen MR) is 38.4 cm³/mol. The fourth-order valence-corrected chi connectivity index (χ4v) is 0.958. The number of H-pyrrole nitrogens is 1. The fraction of sp³-hybridized carbons (Fsp3) is 0.286. The van der Waals surface area contributed by atoms with Crippen molar-refractivity contribution in [1.82, 2.24) is 4.98 Å². The summed E-state index contributed by atoms with van der Waals surface area (Å²) in [7, 11) is 0. The van der Waals surface area contributed by atoms with Gasteiger partial charge in [0, 0.05) is 11.8 Å². The largest absolute Gasteiger partial charge is 0.507 e. The number of hydrogen-bond donors (Lipinski definition) is 2. The fourth-order valence-electron chi connectivity index (χ4n) is 0.958. The van der Waals surface area contributed by atoms with Crippen LogP contribution in [0.3, 0.4) is 0 Å². The van der Waals surface area contributed by atoms with E-state index < -0.39 is 23.3 Å². The van der Waals surface area contributed by atoms with E-state index in [1.165, 1.54) is 6.92 Å². The van der Waals surface area contributed by atoms with Crippen molar-refractivity contribution >= 4 is 0 Å². The molecule has 0 aromatic carbocycles. The lowest BCUT2D eigenvalue weighted by molar-refractivity contribution is 0.146. The number of aromatic hydroxyl groups is 1. The summed E-state index contributed by atoms with van der Waals surface area (Å²) in [6, 6.07) is 0.731. The van der Waals surface area contributed by atoms with Crippen LogP contribution in [-0.2, 0) is 0 Å². The molecule has 0 radical (unpaired) electrons. The molecule has 1 aromatic rings. The van der Waals surface area contributed by atoms with Crippen molar-refractivity contribution < 1.29 is 13.9 Å². The Morgan fingerprint density at radius 1 is 1.58 bits per heavy atom. The van der Waals surface area contributed by atoms with E-state index in [1.54, 1.807) is 0 Å². The predicted octanol–water partition coefficient (Wildman–Crippen LogP) is 1.33. The molecule has 5 heteroatoms. The van der Waals surface area contributed by atoms with Gasteiger partial charge in [-0.15, -0.1) is 0 Å². The molecule has 1 aromatic heterocycles. The highest BCUT2D eigenvalue weighted by Crippen LogP contribution is 2.28. The van der Waals surface area contributed by atoms with Crippen LogP contribution in [0.5, 0.6) is 5.75 Å². The molecule has 0 bridgehead atoms. The minimum Gasteiger partial charge on any atom is -0.507 e. The Hall–Kier alpha value is -1.39. The minimum atomic E-state index is -2.78. The number of aryl methyl sites for hydroxylation is 1. The molecule has 0 aliphatic heterocycles. The molecule has 0 amide bonds. The Labute approximate surface area is 66.7 Å². The van der Waals surface area contributed by atoms with E-state index in [2.05, 4.69) is 4.98 Å². The lowest BCUT2D eigenvalue weighted by Gasteiger charge is -2.05. The summed E-state index contributed by atoms with van der Waals surface area (Å²) in [6.45, 7) is 1.31. The highest BCUT2D eigenvalue weighted by atomic mass is 19.3. The van der Waals surface area contributed by atoms with Gasteiger partial charge < -0.3 is 10.1 Å². The average molecular weight is 175 g/mol. The maximum absolute atomic E-state index is 12.1. The molecule has 2 N–H and O–H groups in total. The molecule has 0 unspecified atom stereocenters. The summed E-state index contributed by atoms with van der Waals surface area (Å²) in [5, 5.41) is 8.94. The van der Waals surface area contributed by atoms with Gasteiger partial charge in [-0.25, -0.2) is 8.78 Å². The zero-order valence-electron chi connectivity index (χ0n) is 6.27. The van der Waals surface area contributed by atoms with Gasteiger partial charge in [-0.2, -0.15) is 0 Å². The molecule has 0 aliphatic rings. The average Bonchev–Trinajstić information content (AvgIpc) is 1.82. The maximum Gasteiger partial charge on any atom is 0.269 e. The second kappa shape index (κ2) is 2.92. The number of rotatable bonds is 1. The first-order valence-electron chi connectivity index (χ1n) is 3.23. The first-order valence-corrected chi connectivity index (χ1v) is 3.23. The van der Waals surface area contributed by atoms with Gasteiger partial charge >= 0.3 is 0 Å². The normalized spacial score (nSPS) is 10.7. The third-order valence-corrected chi connectivity index (χ3v) is 1.48. The second-order valence-corrected chi connectivity index (χ2v) is 2.36. The van der Waals surface area contributed by atoms with E-state index in [0.29, 0.717) is 0 Å². The van der Waals surface area contributed by atoms with Gasteiger partial charge in [0.05, 0.1) is 5.56 Å². The van der Waals surface area contributed by atoms with Crippen molar-refractivity contribution in [1.29, 1.82) is 0 Å². The smallest absolute Gasteiger partial charge is 0.269 e. The number of alkyl halides is 2. The Morgan fingerprint density at radius 3 is 2.58 bits per heavy atom. The van der Waals surface area contributed by atoms with Crippen molar-refractivity contribution in [2.24, 2.45) is 0 Å². The first kappa shape index (κ1) is 8.70. The zero-order chi connectivity index (χ0) is 9.30. The Kier molecular flexibility index (Phi) is 2.12. The van der Waals surface area contributed by atoms with Gasteiger partial charge in [-0.05, 0) is 6.92 Å². The van der Waals surface area contributed by atoms with E-state index in [9.17, 15) is 13.6 Å². The number of aromatic amines is 1. The van der Waals surface area contributed by atoms with Crippen molar-refractivity contribution in [3.63, 3.8) is 0 Å². The molecule has 0 saturated carbocycles. The second-order valence-electron chi connectivity index (χ2n) is 2.36. The molecule has 0 saturated heterocycles. The molecule has 66 valence electrons. The highest BCUT2D eigenvalue weighted by molar-refractivity contribution is 5.34. The number of nitrogens with one attached hydrogen (secondary N) is 1. The summed E-state index contributed by atoms with van der Waals surface area (Å²) < 4.78 is 24.3. The monoisotopic (exact) mass is 175 g/mol. The lowest BCUT2D eigenvalue weighted by atomic mass is 10.2. The number of halogens is 2. The van der Waals surface area contributed by atoms with Crippen LogP contribution in [0.2, 0.25) is 0 Å². The van der Waals surface area contributed by atoms with Gasteiger partial charge in [-0.1, -0.05) is 0 Å². The van der Waals surface area contributed by atoms with Crippen LogP contribution in [0.15, 0.2) is 10.9 Å². The topological polar surface area (TPSA) is 53.1 Å². The number of hydrogen-bond acceptors (Lipinski definition) is 2. The van der Waals surface area contributed by atoms with Crippen molar-refractivity contribution in [2.45, 2.75) is 13.3 Å². The van der Waals surface area contributed by atoms with Crippen LogP contribution >= 0.6 is 0 Å². The summed E-state index contributed by atoms with van der Waals surface area (Å²) in [4.78, 5) is 12.8. The Morgan fingerprint density at radius 2 is 2.17 bits per heavy atom. The van der Waals surface area contributed by atoms with Crippen LogP contribution in [-0.4, -0.2) is 10.1 Å². The molecule has 0 fully saturated rings. The number of pyridine rings is 1. The standard InChI is InChI=1S/C7H7F2NO2/c1-3-6(7(8)9)4(11)2-5(12)10-3/h2,7H,1H3,(H2,10,11,12). The molecular weight excluding hydrogens is 168 g/mol. The van der Waals surface area contributed by atoms with Crippen LogP contribution < -0.4 is 5.56 Å². The Balaban J connectivity index is 3.38. The van der Waals surface area contributed by atoms with Crippen molar-refractivity contribution in [3.8, 4) is 5.75 Å². The van der Waals surface area contributed by atoms with Gasteiger partial charge in [0.1, 0.15) is 5.75 Å². The summed E-state index contributed by atoms with van der Waals surface area (Å²) in [5.74, 6) is -0.661. The molecule has 0 atom stereocenters. The lowest BCUT2D eigenvalue weighted by Crippen LogP contribution is -2.08. The molecule has 0 spiro atoms. The van der Waals surface area contributed by atoms with E-state index >= 15 is 0 Å². The van der Waals surface area contributed by atoms with Crippen LogP contribution in [0, 0.1) is 6.92 Å². The summed E-state index contributed by atoms with van der Waals surface area (Å²) >= 11 is 0. The molecule has 1 rings (SSSR count). The summed E-state index contributed by atoms with van der Waals surface area (Å²) in [6.07, 6.45) is -2.78. The Bertz CT molecular complexity index is 319. The van der Waals surface area contributed by atoms with Crippen LogP contribution in [0.1, 0.15) is 17.7 Å². The highest BCUT2D eigenvalue weighted by Gasteiger charge is 2.16. The zero-order valence-corrected chi connectivity index (χ0v) is 6.27. The van der Waals surface area contributed by atoms with Crippen LogP contribution in [0.4, 0.5) is 8.78 Å². The van der Waals surface area contributed by atoms with Gasteiger partial charge in [-0.3, -0.25) is 4.79 Å². The van der Waals surface area contributed by atoms with Crippen molar-refractivity contribution in [2.75, 3.05) is 0 Å². The minimum absolute atomic E-state index is 0.00463. The third kappa shape index (κ3) is 1.44. The molecule has 12 heavy (non-hydrogen) atoms. The van der Waals surface area contributed by atoms with Crippen LogP contribution in [0.25, 0.3) is 0 Å². The van der Waals surface area contributed by atoms with E-state index in [1.807, 2.05) is 0 Å². The maximum atomic E-state index is 12.1. The third-order valence-electron chi connectivity index (χ3n) is 1.48. The molecule has 1 heterocycles. The van der Waals surface area contributed by atoms with E-state index in [0.717, 1.165) is 6.07 Å². The van der Waals surface area contributed by atoms with E-state index in [4.69, 9.17) is 5.11 Å². The van der Waals surface area contributed by atoms with E-state index in [-0.39, 0.29) is 5.69 Å². The van der Waals surface area contributed by atoms with Crippen molar-refractivity contribution in [3.05, 3.63) is 27.7 Å².